The summed E-state index contributed by atoms with van der Waals surface area (Å²) >= 11 is 5.92. The van der Waals surface area contributed by atoms with Gasteiger partial charge in [0.05, 0.1) is 11.9 Å². The predicted octanol–water partition coefficient (Wildman–Crippen LogP) is 3.36. The number of hydrogen-bond acceptors (Lipinski definition) is 3. The van der Waals surface area contributed by atoms with Gasteiger partial charge in [0.2, 0.25) is 15.9 Å². The van der Waals surface area contributed by atoms with Crippen LogP contribution in [-0.2, 0) is 14.8 Å². The number of aryl methyl sites for hydroxylation is 2. The molecule has 0 radical (unpaired) electrons. The zero-order valence-corrected chi connectivity index (χ0v) is 15.3. The number of rotatable bonds is 5. The molecule has 2 aromatic carbocycles. The molecule has 5 nitrogen and oxygen atoms in total. The minimum atomic E-state index is -3.63. The van der Waals surface area contributed by atoms with Crippen molar-refractivity contribution in [3.8, 4) is 0 Å². The van der Waals surface area contributed by atoms with Crippen molar-refractivity contribution in [2.75, 3.05) is 22.4 Å². The van der Waals surface area contributed by atoms with E-state index in [0.29, 0.717) is 16.4 Å². The third kappa shape index (κ3) is 4.72. The minimum Gasteiger partial charge on any atom is -0.324 e. The third-order valence-electron chi connectivity index (χ3n) is 3.44. The fourth-order valence-electron chi connectivity index (χ4n) is 2.31. The lowest BCUT2D eigenvalue weighted by molar-refractivity contribution is -0.114. The monoisotopic (exact) mass is 366 g/mol. The Labute approximate surface area is 147 Å². The highest BCUT2D eigenvalue weighted by Gasteiger charge is 2.21. The fraction of sp³-hybridized carbons (Fsp3) is 0.235. The van der Waals surface area contributed by atoms with Crippen LogP contribution in [0, 0.1) is 13.8 Å². The molecular formula is C17H19ClN2O3S. The molecule has 0 aliphatic rings. The lowest BCUT2D eigenvalue weighted by Gasteiger charge is -2.22. The number of benzene rings is 2. The molecule has 0 saturated carbocycles. The van der Waals surface area contributed by atoms with E-state index in [-0.39, 0.29) is 6.54 Å². The number of carbonyl (C=O) groups excluding carboxylic acids is 1. The van der Waals surface area contributed by atoms with Crippen molar-refractivity contribution < 1.29 is 13.2 Å². The molecule has 128 valence electrons. The van der Waals surface area contributed by atoms with Gasteiger partial charge in [-0.3, -0.25) is 9.10 Å². The number of halogens is 1. The molecule has 0 saturated heterocycles. The van der Waals surface area contributed by atoms with E-state index < -0.39 is 15.9 Å². The van der Waals surface area contributed by atoms with E-state index >= 15 is 0 Å². The molecule has 0 spiro atoms. The Morgan fingerprint density at radius 1 is 1.17 bits per heavy atom. The van der Waals surface area contributed by atoms with Crippen LogP contribution in [-0.4, -0.2) is 27.1 Å². The van der Waals surface area contributed by atoms with Crippen LogP contribution < -0.4 is 9.62 Å². The summed E-state index contributed by atoms with van der Waals surface area (Å²) in [6.45, 7) is 3.52. The molecule has 0 heterocycles. The van der Waals surface area contributed by atoms with Crippen molar-refractivity contribution in [1.82, 2.24) is 0 Å². The first-order valence-corrected chi connectivity index (χ1v) is 9.50. The Balaban J connectivity index is 2.22. The zero-order valence-electron chi connectivity index (χ0n) is 13.7. The summed E-state index contributed by atoms with van der Waals surface area (Å²) in [5.74, 6) is -0.424. The Kier molecular flexibility index (Phi) is 5.51. The van der Waals surface area contributed by atoms with Gasteiger partial charge in [-0.15, -0.1) is 0 Å². The van der Waals surface area contributed by atoms with Gasteiger partial charge < -0.3 is 5.32 Å². The normalized spacial score (nSPS) is 11.2. The largest absolute Gasteiger partial charge is 0.324 e. The lowest BCUT2D eigenvalue weighted by atomic mass is 10.1. The summed E-state index contributed by atoms with van der Waals surface area (Å²) in [6.07, 6.45) is 1.05. The van der Waals surface area contributed by atoms with Gasteiger partial charge in [-0.2, -0.15) is 0 Å². The molecular weight excluding hydrogens is 348 g/mol. The molecule has 0 unspecified atom stereocenters. The Morgan fingerprint density at radius 2 is 1.88 bits per heavy atom. The molecule has 2 aromatic rings. The maximum atomic E-state index is 12.3. The second-order valence-corrected chi connectivity index (χ2v) is 7.96. The average Bonchev–Trinajstić information content (AvgIpc) is 2.46. The van der Waals surface area contributed by atoms with Crippen molar-refractivity contribution in [2.45, 2.75) is 13.8 Å². The second-order valence-electron chi connectivity index (χ2n) is 5.62. The zero-order chi connectivity index (χ0) is 17.9. The molecule has 0 aliphatic carbocycles. The number of nitrogens with one attached hydrogen (secondary N) is 1. The van der Waals surface area contributed by atoms with Crippen molar-refractivity contribution >= 4 is 38.9 Å². The molecule has 0 aliphatic heterocycles. The first-order valence-electron chi connectivity index (χ1n) is 7.27. The van der Waals surface area contributed by atoms with Crippen molar-refractivity contribution in [3.05, 3.63) is 58.6 Å². The number of amides is 1. The lowest BCUT2D eigenvalue weighted by Crippen LogP contribution is -2.37. The smallest absolute Gasteiger partial charge is 0.245 e. The molecule has 0 aromatic heterocycles. The van der Waals surface area contributed by atoms with Crippen LogP contribution in [0.1, 0.15) is 11.1 Å². The second kappa shape index (κ2) is 7.23. The van der Waals surface area contributed by atoms with E-state index in [4.69, 9.17) is 11.6 Å². The first kappa shape index (κ1) is 18.3. The van der Waals surface area contributed by atoms with Crippen LogP contribution in [0.4, 0.5) is 11.4 Å². The quantitative estimate of drug-likeness (QED) is 0.882. The highest BCUT2D eigenvalue weighted by atomic mass is 35.5. The molecule has 7 heteroatoms. The van der Waals surface area contributed by atoms with Crippen molar-refractivity contribution in [1.29, 1.82) is 0 Å². The SMILES string of the molecule is Cc1ccc(NC(=O)CN(c2cccc(Cl)c2)S(C)(=O)=O)c(C)c1. The van der Waals surface area contributed by atoms with E-state index in [9.17, 15) is 13.2 Å². The number of carbonyl (C=O) groups is 1. The third-order valence-corrected chi connectivity index (χ3v) is 4.82. The van der Waals surface area contributed by atoms with Gasteiger partial charge in [0.1, 0.15) is 6.54 Å². The standard InChI is InChI=1S/C17H19ClN2O3S/c1-12-7-8-16(13(2)9-12)19-17(21)11-20(24(3,22)23)15-6-4-5-14(18)10-15/h4-10H,11H2,1-3H3,(H,19,21). The number of sulfonamides is 1. The fourth-order valence-corrected chi connectivity index (χ4v) is 3.34. The maximum absolute atomic E-state index is 12.3. The summed E-state index contributed by atoms with van der Waals surface area (Å²) in [4.78, 5) is 12.3. The van der Waals surface area contributed by atoms with Gasteiger partial charge in [0.25, 0.3) is 0 Å². The Bertz CT molecular complexity index is 866. The van der Waals surface area contributed by atoms with Gasteiger partial charge in [-0.05, 0) is 43.7 Å². The molecule has 1 amide bonds. The molecule has 2 rings (SSSR count). The van der Waals surface area contributed by atoms with Gasteiger partial charge in [-0.25, -0.2) is 8.42 Å². The van der Waals surface area contributed by atoms with E-state index in [1.165, 1.54) is 6.07 Å². The highest BCUT2D eigenvalue weighted by Crippen LogP contribution is 2.22. The molecule has 1 N–H and O–H groups in total. The van der Waals surface area contributed by atoms with Crippen LogP contribution in [0.5, 0.6) is 0 Å². The van der Waals surface area contributed by atoms with Crippen molar-refractivity contribution in [3.63, 3.8) is 0 Å². The summed E-state index contributed by atoms with van der Waals surface area (Å²) < 4.78 is 25.1. The number of hydrogen-bond donors (Lipinski definition) is 1. The summed E-state index contributed by atoms with van der Waals surface area (Å²) in [5.41, 5.74) is 3.00. The van der Waals surface area contributed by atoms with Gasteiger partial charge >= 0.3 is 0 Å². The van der Waals surface area contributed by atoms with Gasteiger partial charge in [-0.1, -0.05) is 35.4 Å². The van der Waals surface area contributed by atoms with Crippen LogP contribution in [0.2, 0.25) is 5.02 Å². The van der Waals surface area contributed by atoms with E-state index in [1.54, 1.807) is 24.3 Å². The minimum absolute atomic E-state index is 0.327. The highest BCUT2D eigenvalue weighted by molar-refractivity contribution is 7.92. The average molecular weight is 367 g/mol. The predicted molar refractivity (Wildman–Crippen MR) is 98.2 cm³/mol. The molecule has 0 fully saturated rings. The van der Waals surface area contributed by atoms with Gasteiger partial charge in [0.15, 0.2) is 0 Å². The van der Waals surface area contributed by atoms with Crippen LogP contribution in [0.15, 0.2) is 42.5 Å². The summed E-state index contributed by atoms with van der Waals surface area (Å²) in [5, 5.41) is 3.15. The first-order chi connectivity index (χ1) is 11.2. The maximum Gasteiger partial charge on any atom is 0.245 e. The Morgan fingerprint density at radius 3 is 2.46 bits per heavy atom. The Hall–Kier alpha value is -2.05. The van der Waals surface area contributed by atoms with Crippen LogP contribution in [0.3, 0.4) is 0 Å². The number of nitrogens with zero attached hydrogens (tertiary/aromatic N) is 1. The van der Waals surface area contributed by atoms with E-state index in [2.05, 4.69) is 5.32 Å². The summed E-state index contributed by atoms with van der Waals surface area (Å²) in [7, 11) is -3.63. The van der Waals surface area contributed by atoms with Crippen LogP contribution >= 0.6 is 11.6 Å². The summed E-state index contributed by atoms with van der Waals surface area (Å²) in [6, 6.07) is 12.0. The molecule has 24 heavy (non-hydrogen) atoms. The van der Waals surface area contributed by atoms with E-state index in [0.717, 1.165) is 21.7 Å². The van der Waals surface area contributed by atoms with E-state index in [1.807, 2.05) is 26.0 Å². The van der Waals surface area contributed by atoms with Crippen LogP contribution in [0.25, 0.3) is 0 Å². The molecule has 0 bridgehead atoms. The van der Waals surface area contributed by atoms with Gasteiger partial charge in [0, 0.05) is 10.7 Å². The molecule has 0 atom stereocenters. The number of anilines is 2. The topological polar surface area (TPSA) is 66.5 Å². The van der Waals surface area contributed by atoms with Crippen molar-refractivity contribution in [2.24, 2.45) is 0 Å².